The van der Waals surface area contributed by atoms with Crippen molar-refractivity contribution < 1.29 is 23.8 Å². The van der Waals surface area contributed by atoms with Gasteiger partial charge in [0.15, 0.2) is 11.5 Å². The second-order valence-corrected chi connectivity index (χ2v) is 7.69. The Balaban J connectivity index is 1.89. The average Bonchev–Trinajstić information content (AvgIpc) is 2.81. The van der Waals surface area contributed by atoms with Crippen molar-refractivity contribution in [1.82, 2.24) is 5.32 Å². The molecule has 1 amide bonds. The summed E-state index contributed by atoms with van der Waals surface area (Å²) in [6.45, 7) is 0.354. The zero-order chi connectivity index (χ0) is 22.2. The lowest BCUT2D eigenvalue weighted by molar-refractivity contribution is -0.137. The van der Waals surface area contributed by atoms with Crippen LogP contribution in [-0.4, -0.2) is 31.8 Å². The maximum atomic E-state index is 12.3. The molecule has 2 aromatic carbocycles. The van der Waals surface area contributed by atoms with Crippen molar-refractivity contribution in [2.45, 2.75) is 18.9 Å². The summed E-state index contributed by atoms with van der Waals surface area (Å²) >= 11 is 1.08. The van der Waals surface area contributed by atoms with E-state index < -0.39 is 11.9 Å². The van der Waals surface area contributed by atoms with Crippen LogP contribution < -0.4 is 14.8 Å². The van der Waals surface area contributed by atoms with E-state index in [1.54, 1.807) is 19.2 Å². The summed E-state index contributed by atoms with van der Waals surface area (Å²) in [4.78, 5) is 23.8. The SMILES string of the molecule is COC(=O)CSC1=C(C#N)[C@@H](c2ccc(OC)c(OCc3ccccc3)c2)CC(=O)N1. The number of rotatable bonds is 8. The molecule has 2 aromatic rings. The van der Waals surface area contributed by atoms with E-state index in [4.69, 9.17) is 9.47 Å². The fourth-order valence-corrected chi connectivity index (χ4v) is 4.08. The molecule has 0 aliphatic carbocycles. The number of nitrogens with one attached hydrogen (secondary N) is 1. The fraction of sp³-hybridized carbons (Fsp3) is 0.261. The number of benzene rings is 2. The molecule has 1 heterocycles. The van der Waals surface area contributed by atoms with E-state index in [2.05, 4.69) is 16.1 Å². The van der Waals surface area contributed by atoms with E-state index in [1.807, 2.05) is 36.4 Å². The van der Waals surface area contributed by atoms with Gasteiger partial charge in [-0.25, -0.2) is 0 Å². The normalized spacial score (nSPS) is 15.6. The molecule has 31 heavy (non-hydrogen) atoms. The number of thioether (sulfide) groups is 1. The van der Waals surface area contributed by atoms with Crippen LogP contribution in [0, 0.1) is 11.3 Å². The molecule has 1 aliphatic rings. The van der Waals surface area contributed by atoms with Gasteiger partial charge in [-0.1, -0.05) is 48.2 Å². The molecule has 7 nitrogen and oxygen atoms in total. The number of hydrogen-bond acceptors (Lipinski definition) is 7. The van der Waals surface area contributed by atoms with Gasteiger partial charge in [-0.2, -0.15) is 5.26 Å². The van der Waals surface area contributed by atoms with Gasteiger partial charge in [0.05, 0.1) is 36.6 Å². The first-order valence-electron chi connectivity index (χ1n) is 9.54. The van der Waals surface area contributed by atoms with Crippen molar-refractivity contribution >= 4 is 23.6 Å². The number of nitriles is 1. The number of carbonyl (C=O) groups excluding carboxylic acids is 2. The number of hydrogen-bond donors (Lipinski definition) is 1. The van der Waals surface area contributed by atoms with E-state index in [9.17, 15) is 14.9 Å². The van der Waals surface area contributed by atoms with Crippen LogP contribution in [0.15, 0.2) is 59.1 Å². The van der Waals surface area contributed by atoms with E-state index in [0.717, 1.165) is 22.9 Å². The van der Waals surface area contributed by atoms with E-state index >= 15 is 0 Å². The topological polar surface area (TPSA) is 97.7 Å². The average molecular weight is 439 g/mol. The molecule has 0 saturated heterocycles. The molecule has 0 radical (unpaired) electrons. The number of allylic oxidation sites excluding steroid dienone is 1. The van der Waals surface area contributed by atoms with Crippen molar-refractivity contribution in [3.63, 3.8) is 0 Å². The van der Waals surface area contributed by atoms with E-state index in [1.165, 1.54) is 7.11 Å². The Bertz CT molecular complexity index is 1030. The van der Waals surface area contributed by atoms with Crippen molar-refractivity contribution in [3.05, 3.63) is 70.3 Å². The molecule has 0 bridgehead atoms. The number of esters is 1. The minimum Gasteiger partial charge on any atom is -0.493 e. The Kier molecular flexibility index (Phi) is 7.57. The van der Waals surface area contributed by atoms with Crippen molar-refractivity contribution in [2.24, 2.45) is 0 Å². The highest BCUT2D eigenvalue weighted by atomic mass is 32.2. The lowest BCUT2D eigenvalue weighted by atomic mass is 9.87. The Morgan fingerprint density at radius 3 is 2.65 bits per heavy atom. The zero-order valence-corrected chi connectivity index (χ0v) is 18.0. The quantitative estimate of drug-likeness (QED) is 0.630. The van der Waals surface area contributed by atoms with Gasteiger partial charge in [-0.3, -0.25) is 9.59 Å². The monoisotopic (exact) mass is 438 g/mol. The summed E-state index contributed by atoms with van der Waals surface area (Å²) < 4.78 is 16.0. The van der Waals surface area contributed by atoms with Crippen LogP contribution in [0.25, 0.3) is 0 Å². The number of nitrogens with zero attached hydrogens (tertiary/aromatic N) is 1. The number of amides is 1. The third-order valence-electron chi connectivity index (χ3n) is 4.75. The smallest absolute Gasteiger partial charge is 0.316 e. The minimum absolute atomic E-state index is 0.00192. The molecule has 0 unspecified atom stereocenters. The highest BCUT2D eigenvalue weighted by Gasteiger charge is 2.30. The molecule has 0 spiro atoms. The first kappa shape index (κ1) is 22.2. The largest absolute Gasteiger partial charge is 0.493 e. The van der Waals surface area contributed by atoms with Gasteiger partial charge in [-0.15, -0.1) is 0 Å². The van der Waals surface area contributed by atoms with Gasteiger partial charge in [0.25, 0.3) is 0 Å². The maximum absolute atomic E-state index is 12.3. The van der Waals surface area contributed by atoms with Gasteiger partial charge in [0.2, 0.25) is 5.91 Å². The van der Waals surface area contributed by atoms with Crippen LogP contribution in [0.4, 0.5) is 0 Å². The number of carbonyl (C=O) groups is 2. The number of ether oxygens (including phenoxy) is 3. The van der Waals surface area contributed by atoms with Crippen molar-refractivity contribution in [2.75, 3.05) is 20.0 Å². The Hall–Kier alpha value is -3.44. The highest BCUT2D eigenvalue weighted by molar-refractivity contribution is 8.03. The zero-order valence-electron chi connectivity index (χ0n) is 17.2. The van der Waals surface area contributed by atoms with Crippen LogP contribution in [0.1, 0.15) is 23.5 Å². The van der Waals surface area contributed by atoms with Crippen LogP contribution in [0.3, 0.4) is 0 Å². The van der Waals surface area contributed by atoms with Crippen LogP contribution in [-0.2, 0) is 20.9 Å². The minimum atomic E-state index is -0.455. The molecule has 8 heteroatoms. The molecular formula is C23H22N2O5S. The van der Waals surface area contributed by atoms with Crippen LogP contribution >= 0.6 is 11.8 Å². The molecule has 1 atom stereocenters. The molecular weight excluding hydrogens is 416 g/mol. The Morgan fingerprint density at radius 1 is 1.19 bits per heavy atom. The fourth-order valence-electron chi connectivity index (χ4n) is 3.17. The molecule has 0 fully saturated rings. The van der Waals surface area contributed by atoms with Gasteiger partial charge in [-0.05, 0) is 23.3 Å². The first-order valence-corrected chi connectivity index (χ1v) is 10.5. The third kappa shape index (κ3) is 5.58. The predicted molar refractivity (Wildman–Crippen MR) is 116 cm³/mol. The molecule has 1 aliphatic heterocycles. The van der Waals surface area contributed by atoms with Gasteiger partial charge in [0, 0.05) is 12.3 Å². The predicted octanol–water partition coefficient (Wildman–Crippen LogP) is 3.52. The molecule has 160 valence electrons. The summed E-state index contributed by atoms with van der Waals surface area (Å²) in [5, 5.41) is 12.8. The summed E-state index contributed by atoms with van der Waals surface area (Å²) in [6.07, 6.45) is 0.121. The Labute approximate surface area is 185 Å². The molecule has 1 N–H and O–H groups in total. The van der Waals surface area contributed by atoms with Gasteiger partial charge >= 0.3 is 5.97 Å². The molecule has 3 rings (SSSR count). The van der Waals surface area contributed by atoms with Crippen LogP contribution in [0.5, 0.6) is 11.5 Å². The maximum Gasteiger partial charge on any atom is 0.316 e. The van der Waals surface area contributed by atoms with E-state index in [0.29, 0.717) is 28.7 Å². The lowest BCUT2D eigenvalue weighted by Gasteiger charge is -2.25. The summed E-state index contributed by atoms with van der Waals surface area (Å²) in [7, 11) is 2.85. The van der Waals surface area contributed by atoms with Gasteiger partial charge < -0.3 is 19.5 Å². The summed E-state index contributed by atoms with van der Waals surface area (Å²) in [6, 6.07) is 17.3. The second-order valence-electron chi connectivity index (χ2n) is 6.71. The molecule has 0 aromatic heterocycles. The van der Waals surface area contributed by atoms with Crippen molar-refractivity contribution in [3.8, 4) is 17.6 Å². The van der Waals surface area contributed by atoms with Gasteiger partial charge in [0.1, 0.15) is 6.61 Å². The Morgan fingerprint density at radius 2 is 1.97 bits per heavy atom. The second kappa shape index (κ2) is 10.5. The highest BCUT2D eigenvalue weighted by Crippen LogP contribution is 2.39. The molecule has 0 saturated carbocycles. The first-order chi connectivity index (χ1) is 15.0. The number of methoxy groups -OCH3 is 2. The summed E-state index contributed by atoms with van der Waals surface area (Å²) in [5.74, 6) is -0.0356. The lowest BCUT2D eigenvalue weighted by Crippen LogP contribution is -2.31. The van der Waals surface area contributed by atoms with Crippen molar-refractivity contribution in [1.29, 1.82) is 5.26 Å². The van der Waals surface area contributed by atoms with Crippen LogP contribution in [0.2, 0.25) is 0 Å². The standard InChI is InChI=1S/C23H22N2O5S/c1-28-19-9-8-16(10-20(19)30-13-15-6-4-3-5-7-15)17-11-21(26)25-23(18(17)12-24)31-14-22(27)29-2/h3-10,17H,11,13-14H2,1-2H3,(H,25,26)/t17-/m1/s1. The summed E-state index contributed by atoms with van der Waals surface area (Å²) in [5.41, 5.74) is 2.16. The van der Waals surface area contributed by atoms with E-state index in [-0.39, 0.29) is 18.1 Å². The third-order valence-corrected chi connectivity index (χ3v) is 5.74.